The van der Waals surface area contributed by atoms with E-state index in [9.17, 15) is 9.59 Å². The molecule has 29 heavy (non-hydrogen) atoms. The highest BCUT2D eigenvalue weighted by Gasteiger charge is 2.67. The lowest BCUT2D eigenvalue weighted by Gasteiger charge is -2.38. The number of carbonyl (C=O) groups excluding carboxylic acids is 2. The first-order valence-corrected chi connectivity index (χ1v) is 9.82. The van der Waals surface area contributed by atoms with E-state index >= 15 is 0 Å². The van der Waals surface area contributed by atoms with E-state index in [-0.39, 0.29) is 35.5 Å². The first-order chi connectivity index (χ1) is 14.0. The van der Waals surface area contributed by atoms with E-state index in [0.717, 1.165) is 11.3 Å². The summed E-state index contributed by atoms with van der Waals surface area (Å²) < 4.78 is 0. The van der Waals surface area contributed by atoms with Gasteiger partial charge < -0.3 is 20.5 Å². The number of hydrogen-bond acceptors (Lipinski definition) is 4. The van der Waals surface area contributed by atoms with Crippen molar-refractivity contribution in [1.29, 1.82) is 0 Å². The molecule has 3 aliphatic heterocycles. The van der Waals surface area contributed by atoms with Crippen molar-refractivity contribution in [2.24, 2.45) is 11.8 Å². The molecule has 2 aromatic rings. The van der Waals surface area contributed by atoms with Gasteiger partial charge in [-0.05, 0) is 29.5 Å². The van der Waals surface area contributed by atoms with Crippen LogP contribution in [-0.2, 0) is 15.0 Å². The number of benzene rings is 1. The molecule has 4 heterocycles. The first-order valence-electron chi connectivity index (χ1n) is 9.82. The third kappa shape index (κ3) is 2.15. The van der Waals surface area contributed by atoms with Gasteiger partial charge in [-0.1, -0.05) is 38.1 Å². The molecule has 2 saturated heterocycles. The third-order valence-corrected chi connectivity index (χ3v) is 6.86. The molecule has 1 aromatic carbocycles. The van der Waals surface area contributed by atoms with Crippen LogP contribution in [0.1, 0.15) is 25.1 Å². The molecule has 7 heteroatoms. The van der Waals surface area contributed by atoms with Gasteiger partial charge in [0.2, 0.25) is 5.91 Å². The topological polar surface area (TPSA) is 90.1 Å². The minimum absolute atomic E-state index is 0.0601. The maximum atomic E-state index is 13.5. The summed E-state index contributed by atoms with van der Waals surface area (Å²) in [6, 6.07) is 7.57. The molecule has 0 aliphatic carbocycles. The van der Waals surface area contributed by atoms with Gasteiger partial charge in [0.15, 0.2) is 0 Å². The van der Waals surface area contributed by atoms with Gasteiger partial charge >= 0.3 is 0 Å². The lowest BCUT2D eigenvalue weighted by Crippen LogP contribution is -2.59. The number of H-pyrrole nitrogens is 1. The van der Waals surface area contributed by atoms with E-state index in [1.54, 1.807) is 17.2 Å². The molecule has 5 atom stereocenters. The molecule has 1 aromatic heterocycles. The van der Waals surface area contributed by atoms with Crippen LogP contribution in [0.2, 0.25) is 0 Å². The predicted molar refractivity (Wildman–Crippen MR) is 109 cm³/mol. The van der Waals surface area contributed by atoms with Crippen LogP contribution in [0.4, 0.5) is 5.69 Å². The van der Waals surface area contributed by atoms with Gasteiger partial charge in [-0.25, -0.2) is 4.98 Å². The van der Waals surface area contributed by atoms with E-state index in [0.29, 0.717) is 5.69 Å². The van der Waals surface area contributed by atoms with Crippen molar-refractivity contribution < 1.29 is 9.59 Å². The van der Waals surface area contributed by atoms with Gasteiger partial charge in [0.1, 0.15) is 17.9 Å². The second-order valence-electron chi connectivity index (χ2n) is 8.05. The highest BCUT2D eigenvalue weighted by molar-refractivity contribution is 6.08. The number of hydrogen-bond donors (Lipinski definition) is 3. The number of rotatable bonds is 3. The number of para-hydroxylation sites is 1. The van der Waals surface area contributed by atoms with Gasteiger partial charge in [0.25, 0.3) is 5.91 Å². The Morgan fingerprint density at radius 3 is 2.83 bits per heavy atom. The van der Waals surface area contributed by atoms with E-state index in [4.69, 9.17) is 0 Å². The zero-order chi connectivity index (χ0) is 20.3. The average Bonchev–Trinajstić information content (AvgIpc) is 3.40. The summed E-state index contributed by atoms with van der Waals surface area (Å²) in [5.41, 5.74) is 2.63. The highest BCUT2D eigenvalue weighted by atomic mass is 16.2. The lowest BCUT2D eigenvalue weighted by molar-refractivity contribution is -0.142. The molecule has 0 saturated carbocycles. The van der Waals surface area contributed by atoms with Gasteiger partial charge in [-0.3, -0.25) is 9.59 Å². The summed E-state index contributed by atoms with van der Waals surface area (Å²) in [5, 5.41) is 6.37. The van der Waals surface area contributed by atoms with Crippen molar-refractivity contribution in [3.05, 3.63) is 66.4 Å². The van der Waals surface area contributed by atoms with Crippen molar-refractivity contribution in [3.63, 3.8) is 0 Å². The van der Waals surface area contributed by atoms with E-state index in [1.807, 2.05) is 24.3 Å². The van der Waals surface area contributed by atoms with Crippen LogP contribution in [0, 0.1) is 11.8 Å². The van der Waals surface area contributed by atoms with Crippen LogP contribution >= 0.6 is 0 Å². The summed E-state index contributed by atoms with van der Waals surface area (Å²) >= 11 is 0. The number of aromatic amines is 1. The Morgan fingerprint density at radius 1 is 1.31 bits per heavy atom. The van der Waals surface area contributed by atoms with Crippen molar-refractivity contribution in [1.82, 2.24) is 20.2 Å². The molecular weight excluding hydrogens is 366 g/mol. The summed E-state index contributed by atoms with van der Waals surface area (Å²) in [7, 11) is 0. The molecule has 0 radical (unpaired) electrons. The van der Waals surface area contributed by atoms with E-state index in [1.165, 1.54) is 6.33 Å². The van der Waals surface area contributed by atoms with E-state index < -0.39 is 11.5 Å². The Bertz CT molecular complexity index is 1040. The minimum atomic E-state index is -0.547. The monoisotopic (exact) mass is 389 g/mol. The zero-order valence-electron chi connectivity index (χ0n) is 16.3. The summed E-state index contributed by atoms with van der Waals surface area (Å²) in [6.07, 6.45) is 6.38. The summed E-state index contributed by atoms with van der Waals surface area (Å²) in [6.45, 7) is 8.21. The van der Waals surface area contributed by atoms with Crippen LogP contribution < -0.4 is 10.6 Å². The van der Waals surface area contributed by atoms with Crippen LogP contribution in [0.3, 0.4) is 0 Å². The minimum Gasteiger partial charge on any atom is -0.364 e. The molecule has 2 fully saturated rings. The SMILES string of the molecule is C=CC(C)C12c3ccccc3NC1N1C(=O)/C(=C/c3cnc[nH]3)NC(=O)C1C2C. The molecule has 2 amide bonds. The fourth-order valence-electron chi connectivity index (χ4n) is 5.56. The highest BCUT2D eigenvalue weighted by Crippen LogP contribution is 2.58. The number of imidazole rings is 1. The molecule has 3 aliphatic rings. The third-order valence-electron chi connectivity index (χ3n) is 6.86. The Kier molecular flexibility index (Phi) is 3.71. The predicted octanol–water partition coefficient (Wildman–Crippen LogP) is 2.24. The van der Waals surface area contributed by atoms with Crippen molar-refractivity contribution >= 4 is 23.6 Å². The van der Waals surface area contributed by atoms with Crippen molar-refractivity contribution in [3.8, 4) is 0 Å². The number of fused-ring (bicyclic) bond motifs is 5. The number of nitrogens with zero attached hydrogens (tertiary/aromatic N) is 2. The molecule has 3 N–H and O–H groups in total. The van der Waals surface area contributed by atoms with Gasteiger partial charge in [0.05, 0.1) is 18.2 Å². The van der Waals surface area contributed by atoms with Crippen LogP contribution in [-0.4, -0.2) is 38.9 Å². The Labute approximate surface area is 168 Å². The Balaban J connectivity index is 1.66. The largest absolute Gasteiger partial charge is 0.364 e. The quantitative estimate of drug-likeness (QED) is 0.555. The van der Waals surface area contributed by atoms with Crippen LogP contribution in [0.25, 0.3) is 6.08 Å². The molecule has 148 valence electrons. The van der Waals surface area contributed by atoms with Gasteiger partial charge in [0, 0.05) is 11.1 Å². The number of piperazine rings is 1. The van der Waals surface area contributed by atoms with Crippen LogP contribution in [0.5, 0.6) is 0 Å². The van der Waals surface area contributed by atoms with Crippen molar-refractivity contribution in [2.75, 3.05) is 5.32 Å². The molecule has 5 unspecified atom stereocenters. The molecule has 0 spiro atoms. The number of amides is 2. The first kappa shape index (κ1) is 17.7. The Hall–Kier alpha value is -3.35. The molecular formula is C22H23N5O2. The molecule has 0 bridgehead atoms. The number of nitrogens with one attached hydrogen (secondary N) is 3. The number of anilines is 1. The fourth-order valence-corrected chi connectivity index (χ4v) is 5.56. The van der Waals surface area contributed by atoms with Gasteiger partial charge in [-0.2, -0.15) is 0 Å². The van der Waals surface area contributed by atoms with Gasteiger partial charge in [-0.15, -0.1) is 6.58 Å². The number of carbonyl (C=O) groups is 2. The number of aromatic nitrogens is 2. The number of allylic oxidation sites excluding steroid dienone is 1. The summed E-state index contributed by atoms with van der Waals surface area (Å²) in [4.78, 5) is 35.3. The smallest absolute Gasteiger partial charge is 0.272 e. The molecule has 7 nitrogen and oxygen atoms in total. The van der Waals surface area contributed by atoms with Crippen molar-refractivity contribution in [2.45, 2.75) is 31.5 Å². The normalized spacial score (nSPS) is 32.3. The van der Waals surface area contributed by atoms with Crippen LogP contribution in [0.15, 0.2) is 55.1 Å². The standard InChI is InChI=1S/C22H23N5O2/c1-4-12(2)22-13(3)18-19(28)25-17(9-14-10-23-11-24-14)20(29)27(18)21(22)26-16-8-6-5-7-15(16)22/h4-13,18,21,26H,1H2,2-3H3,(H,23,24)(H,25,28)/b17-9-. The second-order valence-corrected chi connectivity index (χ2v) is 8.05. The summed E-state index contributed by atoms with van der Waals surface area (Å²) in [5.74, 6) is -0.383. The zero-order valence-corrected chi connectivity index (χ0v) is 16.3. The van der Waals surface area contributed by atoms with E-state index in [2.05, 4.69) is 47.1 Å². The lowest BCUT2D eigenvalue weighted by atomic mass is 9.63. The Morgan fingerprint density at radius 2 is 2.10 bits per heavy atom. The molecule has 5 rings (SSSR count). The second kappa shape index (κ2) is 6.07. The maximum absolute atomic E-state index is 13.5. The average molecular weight is 389 g/mol. The maximum Gasteiger partial charge on any atom is 0.272 e. The fraction of sp³-hybridized carbons (Fsp3) is 0.318.